The molecule has 1 fully saturated rings. The Hall–Kier alpha value is -3.62. The number of carbonyl (C=O) groups excluding carboxylic acids is 1. The van der Waals surface area contributed by atoms with Crippen molar-refractivity contribution in [2.24, 2.45) is 7.05 Å². The third-order valence-electron chi connectivity index (χ3n) is 4.88. The van der Waals surface area contributed by atoms with Crippen molar-refractivity contribution in [3.63, 3.8) is 0 Å². The van der Waals surface area contributed by atoms with Gasteiger partial charge in [-0.1, -0.05) is 12.1 Å². The number of nitrogens with zero attached hydrogens (tertiary/aromatic N) is 5. The highest BCUT2D eigenvalue weighted by Gasteiger charge is 2.24. The van der Waals surface area contributed by atoms with Gasteiger partial charge in [0.05, 0.1) is 19.1 Å². The number of imidazole rings is 1. The maximum atomic E-state index is 11.3. The predicted molar refractivity (Wildman–Crippen MR) is 107 cm³/mol. The maximum absolute atomic E-state index is 11.3. The van der Waals surface area contributed by atoms with Crippen LogP contribution in [0, 0.1) is 0 Å². The molecule has 0 atom stereocenters. The lowest BCUT2D eigenvalue weighted by Gasteiger charge is -2.06. The molecule has 0 unspecified atom stereocenters. The Bertz CT molecular complexity index is 1220. The molecule has 1 saturated carbocycles. The fourth-order valence-corrected chi connectivity index (χ4v) is 3.22. The maximum Gasteiger partial charge on any atom is 0.343 e. The molecule has 1 aromatic carbocycles. The van der Waals surface area contributed by atoms with Gasteiger partial charge in [0.25, 0.3) is 0 Å². The van der Waals surface area contributed by atoms with E-state index in [1.165, 1.54) is 7.11 Å². The van der Waals surface area contributed by atoms with Crippen LogP contribution in [-0.2, 0) is 16.6 Å². The molecule has 0 aliphatic heterocycles. The minimum Gasteiger partial charge on any atom is -0.482 e. The number of nitrogens with one attached hydrogen (secondary N) is 1. The number of carbonyl (C=O) groups is 1. The molecule has 3 heterocycles. The zero-order valence-electron chi connectivity index (χ0n) is 16.1. The van der Waals surface area contributed by atoms with Gasteiger partial charge in [-0.05, 0) is 25.0 Å². The molecule has 9 heteroatoms. The highest BCUT2D eigenvalue weighted by Crippen LogP contribution is 2.30. The van der Waals surface area contributed by atoms with Crippen molar-refractivity contribution in [1.29, 1.82) is 0 Å². The highest BCUT2D eigenvalue weighted by atomic mass is 16.6. The van der Waals surface area contributed by atoms with Crippen LogP contribution in [0.25, 0.3) is 28.1 Å². The molecule has 1 aliphatic carbocycles. The van der Waals surface area contributed by atoms with Crippen LogP contribution in [0.1, 0.15) is 12.8 Å². The predicted octanol–water partition coefficient (Wildman–Crippen LogP) is 2.41. The number of rotatable bonds is 6. The summed E-state index contributed by atoms with van der Waals surface area (Å²) < 4.78 is 13.8. The fraction of sp³-hybridized carbons (Fsp3) is 0.300. The van der Waals surface area contributed by atoms with Gasteiger partial charge in [0.15, 0.2) is 29.2 Å². The van der Waals surface area contributed by atoms with Crippen LogP contribution >= 0.6 is 0 Å². The number of aryl methyl sites for hydroxylation is 1. The largest absolute Gasteiger partial charge is 0.482 e. The average Bonchev–Trinajstić information content (AvgIpc) is 3.31. The summed E-state index contributed by atoms with van der Waals surface area (Å²) in [6.45, 7) is -0.140. The van der Waals surface area contributed by atoms with Crippen LogP contribution in [0.15, 0.2) is 36.7 Å². The second-order valence-electron chi connectivity index (χ2n) is 7.10. The Kier molecular flexibility index (Phi) is 4.08. The molecule has 1 aliphatic rings. The zero-order chi connectivity index (χ0) is 20.0. The minimum atomic E-state index is -0.429. The molecule has 9 nitrogen and oxygen atoms in total. The van der Waals surface area contributed by atoms with Gasteiger partial charge in [-0.25, -0.2) is 14.8 Å². The summed E-state index contributed by atoms with van der Waals surface area (Å²) >= 11 is 0. The number of aromatic nitrogens is 5. The summed E-state index contributed by atoms with van der Waals surface area (Å²) in [6, 6.07) is 9.84. The Morgan fingerprint density at radius 2 is 2.17 bits per heavy atom. The molecule has 1 N–H and O–H groups in total. The lowest BCUT2D eigenvalue weighted by atomic mass is 10.1. The molecule has 5 rings (SSSR count). The summed E-state index contributed by atoms with van der Waals surface area (Å²) in [5.74, 6) is 0.929. The van der Waals surface area contributed by atoms with E-state index in [4.69, 9.17) is 14.8 Å². The van der Waals surface area contributed by atoms with Crippen LogP contribution in [0.5, 0.6) is 5.75 Å². The van der Waals surface area contributed by atoms with Gasteiger partial charge in [-0.3, -0.25) is 0 Å². The SMILES string of the molecule is COC(=O)COc1cccc(-c2cc3nc(NC4CC4)c4ncn(C)c4n3n2)c1. The molecular formula is C20H20N6O3. The monoisotopic (exact) mass is 392 g/mol. The van der Waals surface area contributed by atoms with Crippen molar-refractivity contribution in [3.05, 3.63) is 36.7 Å². The van der Waals surface area contributed by atoms with E-state index in [-0.39, 0.29) is 6.61 Å². The molecule has 0 radical (unpaired) electrons. The molecule has 0 amide bonds. The van der Waals surface area contributed by atoms with E-state index in [2.05, 4.69) is 15.0 Å². The van der Waals surface area contributed by atoms with Gasteiger partial charge in [-0.15, -0.1) is 0 Å². The first-order valence-corrected chi connectivity index (χ1v) is 9.40. The number of ether oxygens (including phenoxy) is 2. The highest BCUT2D eigenvalue weighted by molar-refractivity contribution is 5.86. The molecule has 0 saturated heterocycles. The first-order chi connectivity index (χ1) is 14.1. The summed E-state index contributed by atoms with van der Waals surface area (Å²) in [4.78, 5) is 20.6. The lowest BCUT2D eigenvalue weighted by Crippen LogP contribution is -2.12. The van der Waals surface area contributed by atoms with E-state index in [1.54, 1.807) is 16.9 Å². The van der Waals surface area contributed by atoms with E-state index in [0.29, 0.717) is 11.8 Å². The molecule has 0 spiro atoms. The zero-order valence-corrected chi connectivity index (χ0v) is 16.1. The fourth-order valence-electron chi connectivity index (χ4n) is 3.22. The molecule has 29 heavy (non-hydrogen) atoms. The molecule has 148 valence electrons. The second-order valence-corrected chi connectivity index (χ2v) is 7.10. The van der Waals surface area contributed by atoms with E-state index in [9.17, 15) is 4.79 Å². The number of esters is 1. The van der Waals surface area contributed by atoms with Crippen molar-refractivity contribution in [3.8, 4) is 17.0 Å². The van der Waals surface area contributed by atoms with Crippen LogP contribution < -0.4 is 10.1 Å². The smallest absolute Gasteiger partial charge is 0.343 e. The van der Waals surface area contributed by atoms with Gasteiger partial charge in [0, 0.05) is 24.7 Å². The molecule has 0 bridgehead atoms. The molecule has 3 aromatic heterocycles. The molecular weight excluding hydrogens is 372 g/mol. The van der Waals surface area contributed by atoms with Crippen molar-refractivity contribution < 1.29 is 14.3 Å². The van der Waals surface area contributed by atoms with E-state index < -0.39 is 5.97 Å². The van der Waals surface area contributed by atoms with E-state index >= 15 is 0 Å². The summed E-state index contributed by atoms with van der Waals surface area (Å²) in [5, 5.41) is 8.21. The van der Waals surface area contributed by atoms with Gasteiger partial charge >= 0.3 is 5.97 Å². The van der Waals surface area contributed by atoms with Gasteiger partial charge in [0.1, 0.15) is 5.75 Å². The quantitative estimate of drug-likeness (QED) is 0.504. The number of methoxy groups -OCH3 is 1. The Morgan fingerprint density at radius 1 is 1.31 bits per heavy atom. The van der Waals surface area contributed by atoms with Crippen molar-refractivity contribution in [2.75, 3.05) is 19.0 Å². The third kappa shape index (κ3) is 3.24. The number of hydrogen-bond acceptors (Lipinski definition) is 7. The Morgan fingerprint density at radius 3 is 2.97 bits per heavy atom. The standard InChI is InChI=1S/C20H20N6O3/c1-25-11-21-18-19(22-13-6-7-13)23-16-9-15(24-26(16)20(18)25)12-4-3-5-14(8-12)29-10-17(27)28-2/h3-5,8-9,11,13H,6-7,10H2,1-2H3,(H,22,23). The summed E-state index contributed by atoms with van der Waals surface area (Å²) in [5.41, 5.74) is 4.04. The first-order valence-electron chi connectivity index (χ1n) is 9.40. The summed E-state index contributed by atoms with van der Waals surface area (Å²) in [6.07, 6.45) is 4.08. The second kappa shape index (κ2) is 6.77. The van der Waals surface area contributed by atoms with Crippen molar-refractivity contribution in [2.45, 2.75) is 18.9 Å². The first kappa shape index (κ1) is 17.5. The topological polar surface area (TPSA) is 95.6 Å². The van der Waals surface area contributed by atoms with Gasteiger partial charge in [0.2, 0.25) is 0 Å². The van der Waals surface area contributed by atoms with Crippen molar-refractivity contribution in [1.82, 2.24) is 24.1 Å². The third-order valence-corrected chi connectivity index (χ3v) is 4.88. The molecule has 4 aromatic rings. The van der Waals surface area contributed by atoms with Gasteiger partial charge < -0.3 is 19.4 Å². The van der Waals surface area contributed by atoms with E-state index in [0.717, 1.165) is 46.7 Å². The Labute approximate surface area is 166 Å². The van der Waals surface area contributed by atoms with Crippen LogP contribution in [0.2, 0.25) is 0 Å². The average molecular weight is 392 g/mol. The number of hydrogen-bond donors (Lipinski definition) is 1. The number of benzene rings is 1. The Balaban J connectivity index is 1.55. The lowest BCUT2D eigenvalue weighted by molar-refractivity contribution is -0.142. The van der Waals surface area contributed by atoms with Gasteiger partial charge in [-0.2, -0.15) is 9.61 Å². The normalized spacial score (nSPS) is 13.7. The summed E-state index contributed by atoms with van der Waals surface area (Å²) in [7, 11) is 3.27. The van der Waals surface area contributed by atoms with Crippen LogP contribution in [0.3, 0.4) is 0 Å². The number of fused-ring (bicyclic) bond motifs is 3. The van der Waals surface area contributed by atoms with Crippen LogP contribution in [0.4, 0.5) is 5.82 Å². The number of anilines is 1. The van der Waals surface area contributed by atoms with E-state index in [1.807, 2.05) is 35.9 Å². The van der Waals surface area contributed by atoms with Crippen LogP contribution in [-0.4, -0.2) is 49.9 Å². The van der Waals surface area contributed by atoms with Crippen molar-refractivity contribution >= 4 is 28.6 Å². The minimum absolute atomic E-state index is 0.140.